The van der Waals surface area contributed by atoms with Crippen LogP contribution in [0.1, 0.15) is 11.8 Å². The van der Waals surface area contributed by atoms with Crippen LogP contribution in [0.15, 0.2) is 45.1 Å². The zero-order valence-corrected chi connectivity index (χ0v) is 14.7. The molecule has 4 nitrogen and oxygen atoms in total. The molecule has 0 aliphatic heterocycles. The highest BCUT2D eigenvalue weighted by atomic mass is 79.9. The van der Waals surface area contributed by atoms with Crippen molar-refractivity contribution in [3.63, 3.8) is 0 Å². The second-order valence-electron chi connectivity index (χ2n) is 4.27. The van der Waals surface area contributed by atoms with Crippen molar-refractivity contribution in [2.24, 2.45) is 0 Å². The summed E-state index contributed by atoms with van der Waals surface area (Å²) in [5.74, 6) is 0.710. The molecule has 2 aromatic rings. The molecule has 1 aromatic heterocycles. The molecule has 0 atom stereocenters. The fourth-order valence-electron chi connectivity index (χ4n) is 1.64. The molecule has 0 spiro atoms. The van der Waals surface area contributed by atoms with E-state index in [2.05, 4.69) is 20.7 Å². The molecular formula is C14H16BrNO3S2. The van der Waals surface area contributed by atoms with E-state index >= 15 is 0 Å². The van der Waals surface area contributed by atoms with Gasteiger partial charge in [0, 0.05) is 15.9 Å². The maximum atomic E-state index is 12.1. The van der Waals surface area contributed by atoms with E-state index in [1.54, 1.807) is 6.07 Å². The van der Waals surface area contributed by atoms with E-state index in [0.717, 1.165) is 15.8 Å². The minimum Gasteiger partial charge on any atom is -0.492 e. The van der Waals surface area contributed by atoms with Crippen LogP contribution in [0.5, 0.6) is 5.75 Å². The summed E-state index contributed by atoms with van der Waals surface area (Å²) in [6.07, 6.45) is 0.840. The van der Waals surface area contributed by atoms with Crippen molar-refractivity contribution >= 4 is 37.3 Å². The molecule has 0 fully saturated rings. The molecule has 0 radical (unpaired) electrons. The zero-order chi connectivity index (χ0) is 15.3. The van der Waals surface area contributed by atoms with Gasteiger partial charge in [0.1, 0.15) is 16.6 Å². The molecule has 1 heterocycles. The van der Waals surface area contributed by atoms with Gasteiger partial charge in [0.2, 0.25) is 10.0 Å². The van der Waals surface area contributed by atoms with Crippen molar-refractivity contribution in [1.29, 1.82) is 0 Å². The van der Waals surface area contributed by atoms with Crippen molar-refractivity contribution in [2.75, 3.05) is 13.2 Å². The average Bonchev–Trinajstić information content (AvgIpc) is 2.95. The van der Waals surface area contributed by atoms with Crippen molar-refractivity contribution in [3.8, 4) is 5.75 Å². The van der Waals surface area contributed by atoms with Gasteiger partial charge in [0.15, 0.2) is 0 Å². The monoisotopic (exact) mass is 389 g/mol. The lowest BCUT2D eigenvalue weighted by Crippen LogP contribution is -2.27. The van der Waals surface area contributed by atoms with Crippen LogP contribution in [-0.2, 0) is 16.4 Å². The predicted molar refractivity (Wildman–Crippen MR) is 88.5 cm³/mol. The van der Waals surface area contributed by atoms with Gasteiger partial charge in [-0.1, -0.05) is 22.9 Å². The number of thiophene rings is 1. The van der Waals surface area contributed by atoms with Crippen molar-refractivity contribution < 1.29 is 13.2 Å². The van der Waals surface area contributed by atoms with Gasteiger partial charge in [-0.15, -0.1) is 11.3 Å². The van der Waals surface area contributed by atoms with Crippen molar-refractivity contribution in [3.05, 3.63) is 45.7 Å². The Labute approximate surface area is 137 Å². The molecule has 114 valence electrons. The highest BCUT2D eigenvalue weighted by Crippen LogP contribution is 2.21. The third-order valence-electron chi connectivity index (χ3n) is 2.73. The van der Waals surface area contributed by atoms with E-state index in [-0.39, 0.29) is 13.2 Å². The topological polar surface area (TPSA) is 55.4 Å². The lowest BCUT2D eigenvalue weighted by atomic mass is 10.3. The molecule has 0 amide bonds. The number of hydrogen-bond acceptors (Lipinski definition) is 4. The van der Waals surface area contributed by atoms with Gasteiger partial charge in [-0.05, 0) is 42.8 Å². The van der Waals surface area contributed by atoms with Crippen LogP contribution in [0, 0.1) is 0 Å². The zero-order valence-electron chi connectivity index (χ0n) is 11.5. The standard InChI is InChI=1S/C14H16BrNO3S2/c1-2-13-7-8-14(20-13)21(17,18)16-9-10-19-12-5-3-11(15)4-6-12/h3-8,16H,2,9-10H2,1H3. The Morgan fingerprint density at radius 1 is 1.19 bits per heavy atom. The Morgan fingerprint density at radius 2 is 1.90 bits per heavy atom. The minimum absolute atomic E-state index is 0.234. The quantitative estimate of drug-likeness (QED) is 0.737. The van der Waals surface area contributed by atoms with Crippen LogP contribution < -0.4 is 9.46 Å². The summed E-state index contributed by atoms with van der Waals surface area (Å²) in [5, 5.41) is 0. The van der Waals surface area contributed by atoms with E-state index < -0.39 is 10.0 Å². The summed E-state index contributed by atoms with van der Waals surface area (Å²) < 4.78 is 33.4. The number of benzene rings is 1. The first-order valence-corrected chi connectivity index (χ1v) is 9.57. The number of hydrogen-bond donors (Lipinski definition) is 1. The Hall–Kier alpha value is -0.890. The molecule has 1 aromatic carbocycles. The summed E-state index contributed by atoms with van der Waals surface area (Å²) >= 11 is 4.64. The first-order chi connectivity index (χ1) is 10.0. The molecule has 0 bridgehead atoms. The summed E-state index contributed by atoms with van der Waals surface area (Å²) in [5.41, 5.74) is 0. The summed E-state index contributed by atoms with van der Waals surface area (Å²) in [4.78, 5) is 1.06. The lowest BCUT2D eigenvalue weighted by molar-refractivity contribution is 0.323. The SMILES string of the molecule is CCc1ccc(S(=O)(=O)NCCOc2ccc(Br)cc2)s1. The summed E-state index contributed by atoms with van der Waals surface area (Å²) in [6.45, 7) is 2.52. The molecule has 0 unspecified atom stereocenters. The molecule has 0 saturated carbocycles. The normalized spacial score (nSPS) is 11.5. The maximum Gasteiger partial charge on any atom is 0.250 e. The number of sulfonamides is 1. The van der Waals surface area contributed by atoms with Crippen LogP contribution >= 0.6 is 27.3 Å². The highest BCUT2D eigenvalue weighted by molar-refractivity contribution is 9.10. The Morgan fingerprint density at radius 3 is 2.52 bits per heavy atom. The second-order valence-corrected chi connectivity index (χ2v) is 8.35. The Kier molecular flexibility index (Phi) is 5.80. The molecule has 0 aliphatic carbocycles. The summed E-state index contributed by atoms with van der Waals surface area (Å²) in [6, 6.07) is 10.9. The van der Waals surface area contributed by atoms with Gasteiger partial charge < -0.3 is 4.74 Å². The number of rotatable bonds is 7. The van der Waals surface area contributed by atoms with Gasteiger partial charge in [0.05, 0.1) is 0 Å². The Balaban J connectivity index is 1.83. The van der Waals surface area contributed by atoms with Gasteiger partial charge >= 0.3 is 0 Å². The maximum absolute atomic E-state index is 12.1. The van der Waals surface area contributed by atoms with Crippen LogP contribution in [0.2, 0.25) is 0 Å². The average molecular weight is 390 g/mol. The van der Waals surface area contributed by atoms with Crippen LogP contribution in [0.25, 0.3) is 0 Å². The second kappa shape index (κ2) is 7.40. The molecule has 21 heavy (non-hydrogen) atoms. The molecule has 1 N–H and O–H groups in total. The first-order valence-electron chi connectivity index (χ1n) is 6.48. The van der Waals surface area contributed by atoms with Gasteiger partial charge in [-0.2, -0.15) is 0 Å². The van der Waals surface area contributed by atoms with Crippen LogP contribution in [0.3, 0.4) is 0 Å². The van der Waals surface area contributed by atoms with E-state index in [9.17, 15) is 8.42 Å². The molecule has 2 rings (SSSR count). The lowest BCUT2D eigenvalue weighted by Gasteiger charge is -2.07. The van der Waals surface area contributed by atoms with E-state index in [4.69, 9.17) is 4.74 Å². The first kappa shape index (κ1) is 16.5. The number of ether oxygens (including phenoxy) is 1. The third-order valence-corrected chi connectivity index (χ3v) is 6.44. The Bertz CT molecular complexity index is 680. The number of nitrogens with one attached hydrogen (secondary N) is 1. The smallest absolute Gasteiger partial charge is 0.250 e. The molecule has 0 aliphatic rings. The van der Waals surface area contributed by atoms with Gasteiger partial charge in [-0.3, -0.25) is 0 Å². The largest absolute Gasteiger partial charge is 0.492 e. The van der Waals surface area contributed by atoms with Gasteiger partial charge in [0.25, 0.3) is 0 Å². The fourth-order valence-corrected chi connectivity index (χ4v) is 4.26. The van der Waals surface area contributed by atoms with Crippen LogP contribution in [-0.4, -0.2) is 21.6 Å². The molecular weight excluding hydrogens is 374 g/mol. The summed E-state index contributed by atoms with van der Waals surface area (Å²) in [7, 11) is -3.43. The number of halogens is 1. The predicted octanol–water partition coefficient (Wildman–Crippen LogP) is 3.43. The molecule has 0 saturated heterocycles. The van der Waals surface area contributed by atoms with E-state index in [1.165, 1.54) is 11.3 Å². The van der Waals surface area contributed by atoms with E-state index in [0.29, 0.717) is 9.96 Å². The highest BCUT2D eigenvalue weighted by Gasteiger charge is 2.15. The molecule has 7 heteroatoms. The van der Waals surface area contributed by atoms with Crippen LogP contribution in [0.4, 0.5) is 0 Å². The van der Waals surface area contributed by atoms with E-state index in [1.807, 2.05) is 37.3 Å². The fraction of sp³-hybridized carbons (Fsp3) is 0.286. The minimum atomic E-state index is -3.43. The van der Waals surface area contributed by atoms with Crippen molar-refractivity contribution in [2.45, 2.75) is 17.6 Å². The third kappa shape index (κ3) is 4.81. The van der Waals surface area contributed by atoms with Crippen molar-refractivity contribution in [1.82, 2.24) is 4.72 Å². The van der Waals surface area contributed by atoms with Gasteiger partial charge in [-0.25, -0.2) is 13.1 Å². The number of aryl methyl sites for hydroxylation is 1.